The van der Waals surface area contributed by atoms with Crippen LogP contribution in [-0.2, 0) is 7.05 Å². The summed E-state index contributed by atoms with van der Waals surface area (Å²) in [6, 6.07) is 19.2. The van der Waals surface area contributed by atoms with Gasteiger partial charge in [0.25, 0.3) is 0 Å². The first-order valence-corrected chi connectivity index (χ1v) is 9.22. The molecule has 4 rings (SSSR count). The normalized spacial score (nSPS) is 14.5. The summed E-state index contributed by atoms with van der Waals surface area (Å²) in [4.78, 5) is 2.45. The van der Waals surface area contributed by atoms with Gasteiger partial charge in [0.05, 0.1) is 17.3 Å². The van der Waals surface area contributed by atoms with Crippen molar-refractivity contribution in [2.24, 2.45) is 12.1 Å². The lowest BCUT2D eigenvalue weighted by Gasteiger charge is -2.19. The highest BCUT2D eigenvalue weighted by molar-refractivity contribution is 5.97. The monoisotopic (exact) mass is 345 g/mol. The SMILES string of the molecule is CN(/N=C/c1cc[n+](C)c2ccccc12)c1ccc(N2CCCC2)cc1. The summed E-state index contributed by atoms with van der Waals surface area (Å²) in [6.07, 6.45) is 6.62. The van der Waals surface area contributed by atoms with E-state index in [1.54, 1.807) is 0 Å². The lowest BCUT2D eigenvalue weighted by atomic mass is 10.1. The molecule has 26 heavy (non-hydrogen) atoms. The first-order chi connectivity index (χ1) is 12.7. The molecule has 0 saturated carbocycles. The molecular weight excluding hydrogens is 320 g/mol. The summed E-state index contributed by atoms with van der Waals surface area (Å²) in [5, 5.41) is 7.79. The van der Waals surface area contributed by atoms with Crippen molar-refractivity contribution >= 4 is 28.5 Å². The predicted molar refractivity (Wildman–Crippen MR) is 109 cm³/mol. The molecule has 2 heterocycles. The minimum Gasteiger partial charge on any atom is -0.372 e. The van der Waals surface area contributed by atoms with Crippen molar-refractivity contribution in [1.82, 2.24) is 0 Å². The number of nitrogens with zero attached hydrogens (tertiary/aromatic N) is 4. The van der Waals surface area contributed by atoms with Crippen LogP contribution in [0.25, 0.3) is 10.9 Å². The Kier molecular flexibility index (Phi) is 4.57. The van der Waals surface area contributed by atoms with Gasteiger partial charge < -0.3 is 4.90 Å². The van der Waals surface area contributed by atoms with Crippen molar-refractivity contribution in [3.63, 3.8) is 0 Å². The predicted octanol–water partition coefficient (Wildman–Crippen LogP) is 3.73. The average Bonchev–Trinajstić information content (AvgIpc) is 3.22. The van der Waals surface area contributed by atoms with Gasteiger partial charge in [-0.1, -0.05) is 12.1 Å². The summed E-state index contributed by atoms with van der Waals surface area (Å²) >= 11 is 0. The van der Waals surface area contributed by atoms with Crippen molar-refractivity contribution in [3.8, 4) is 0 Å². The van der Waals surface area contributed by atoms with Crippen molar-refractivity contribution in [2.75, 3.05) is 30.0 Å². The van der Waals surface area contributed by atoms with Crippen LogP contribution in [0.15, 0.2) is 65.9 Å². The third kappa shape index (κ3) is 3.27. The largest absolute Gasteiger partial charge is 0.372 e. The van der Waals surface area contributed by atoms with Crippen molar-refractivity contribution < 1.29 is 4.57 Å². The van der Waals surface area contributed by atoms with Gasteiger partial charge in [-0.3, -0.25) is 5.01 Å². The van der Waals surface area contributed by atoms with E-state index in [2.05, 4.69) is 82.4 Å². The van der Waals surface area contributed by atoms with Gasteiger partial charge in [-0.25, -0.2) is 4.57 Å². The molecule has 2 aromatic carbocycles. The number of anilines is 2. The molecule has 1 aliphatic rings. The molecule has 0 N–H and O–H groups in total. The lowest BCUT2D eigenvalue weighted by Crippen LogP contribution is -2.28. The molecule has 4 nitrogen and oxygen atoms in total. The zero-order chi connectivity index (χ0) is 17.9. The maximum Gasteiger partial charge on any atom is 0.212 e. The Labute approximate surface area is 155 Å². The maximum atomic E-state index is 4.66. The summed E-state index contributed by atoms with van der Waals surface area (Å²) in [5.41, 5.74) is 4.73. The van der Waals surface area contributed by atoms with Crippen LogP contribution in [-0.4, -0.2) is 26.4 Å². The molecule has 1 aliphatic heterocycles. The van der Waals surface area contributed by atoms with Gasteiger partial charge in [0.1, 0.15) is 7.05 Å². The number of hydrogen-bond donors (Lipinski definition) is 0. The topological polar surface area (TPSA) is 22.7 Å². The van der Waals surface area contributed by atoms with E-state index in [1.807, 2.05) is 18.3 Å². The van der Waals surface area contributed by atoms with E-state index in [1.165, 1.54) is 42.5 Å². The summed E-state index contributed by atoms with van der Waals surface area (Å²) in [7, 11) is 4.06. The third-order valence-electron chi connectivity index (χ3n) is 5.14. The fourth-order valence-corrected chi connectivity index (χ4v) is 3.57. The first kappa shape index (κ1) is 16.6. The Hall–Kier alpha value is -2.88. The second kappa shape index (κ2) is 7.16. The first-order valence-electron chi connectivity index (χ1n) is 9.22. The summed E-state index contributed by atoms with van der Waals surface area (Å²) in [5.74, 6) is 0. The van der Waals surface area contributed by atoms with Crippen molar-refractivity contribution in [2.45, 2.75) is 12.8 Å². The highest BCUT2D eigenvalue weighted by Gasteiger charge is 2.12. The van der Waals surface area contributed by atoms with E-state index in [0.29, 0.717) is 0 Å². The zero-order valence-corrected chi connectivity index (χ0v) is 15.5. The van der Waals surface area contributed by atoms with E-state index < -0.39 is 0 Å². The van der Waals surface area contributed by atoms with Crippen LogP contribution >= 0.6 is 0 Å². The Bertz CT molecular complexity index is 925. The molecule has 0 atom stereocenters. The Balaban J connectivity index is 1.54. The van der Waals surface area contributed by atoms with E-state index in [0.717, 1.165) is 11.3 Å². The molecule has 0 aliphatic carbocycles. The maximum absolute atomic E-state index is 4.66. The number of aryl methyl sites for hydroxylation is 1. The fourth-order valence-electron chi connectivity index (χ4n) is 3.57. The number of hydrazone groups is 1. The highest BCUT2D eigenvalue weighted by Crippen LogP contribution is 2.23. The molecule has 132 valence electrons. The number of hydrogen-bond acceptors (Lipinski definition) is 3. The van der Waals surface area contributed by atoms with Crippen LogP contribution in [0, 0.1) is 0 Å². The van der Waals surface area contributed by atoms with Gasteiger partial charge in [0.15, 0.2) is 6.20 Å². The van der Waals surface area contributed by atoms with Crippen LogP contribution in [0.2, 0.25) is 0 Å². The minimum absolute atomic E-state index is 1.09. The fraction of sp³-hybridized carbons (Fsp3) is 0.273. The molecule has 1 aromatic heterocycles. The molecule has 0 radical (unpaired) electrons. The molecular formula is C22H25N4+. The zero-order valence-electron chi connectivity index (χ0n) is 15.5. The molecule has 0 unspecified atom stereocenters. The van der Waals surface area contributed by atoms with Crippen molar-refractivity contribution in [1.29, 1.82) is 0 Å². The van der Waals surface area contributed by atoms with Gasteiger partial charge in [-0.15, -0.1) is 0 Å². The van der Waals surface area contributed by atoms with Crippen LogP contribution in [0.5, 0.6) is 0 Å². The van der Waals surface area contributed by atoms with Crippen LogP contribution in [0.1, 0.15) is 18.4 Å². The second-order valence-electron chi connectivity index (χ2n) is 6.88. The van der Waals surface area contributed by atoms with Crippen LogP contribution in [0.4, 0.5) is 11.4 Å². The smallest absolute Gasteiger partial charge is 0.212 e. The van der Waals surface area contributed by atoms with E-state index >= 15 is 0 Å². The van der Waals surface area contributed by atoms with Crippen LogP contribution in [0.3, 0.4) is 0 Å². The van der Waals surface area contributed by atoms with E-state index in [-0.39, 0.29) is 0 Å². The van der Waals surface area contributed by atoms with Gasteiger partial charge >= 0.3 is 0 Å². The third-order valence-corrected chi connectivity index (χ3v) is 5.14. The Morgan fingerprint density at radius 1 is 1.00 bits per heavy atom. The van der Waals surface area contributed by atoms with Gasteiger partial charge in [0.2, 0.25) is 5.52 Å². The number of fused-ring (bicyclic) bond motifs is 1. The van der Waals surface area contributed by atoms with Gasteiger partial charge in [0, 0.05) is 43.5 Å². The molecule has 1 fully saturated rings. The van der Waals surface area contributed by atoms with Crippen molar-refractivity contribution in [3.05, 3.63) is 66.4 Å². The number of benzene rings is 2. The number of rotatable bonds is 4. The van der Waals surface area contributed by atoms with E-state index in [9.17, 15) is 0 Å². The second-order valence-corrected chi connectivity index (χ2v) is 6.88. The lowest BCUT2D eigenvalue weighted by molar-refractivity contribution is -0.644. The van der Waals surface area contributed by atoms with E-state index in [4.69, 9.17) is 0 Å². The standard InChI is InChI=1S/C22H25N4/c1-24-16-13-18(21-7-3-4-8-22(21)24)17-23-25(2)19-9-11-20(12-10-19)26-14-5-6-15-26/h3-4,7-13,16-17H,5-6,14-15H2,1-2H3/q+1. The highest BCUT2D eigenvalue weighted by atomic mass is 15.4. The Morgan fingerprint density at radius 2 is 1.73 bits per heavy atom. The quantitative estimate of drug-likeness (QED) is 0.408. The minimum atomic E-state index is 1.09. The van der Waals surface area contributed by atoms with Crippen LogP contribution < -0.4 is 14.5 Å². The number of aromatic nitrogens is 1. The van der Waals surface area contributed by atoms with Gasteiger partial charge in [-0.2, -0.15) is 5.10 Å². The number of pyridine rings is 1. The van der Waals surface area contributed by atoms with Gasteiger partial charge in [-0.05, 0) is 43.2 Å². The molecule has 3 aromatic rings. The molecule has 0 amide bonds. The summed E-state index contributed by atoms with van der Waals surface area (Å²) in [6.45, 7) is 2.34. The summed E-state index contributed by atoms with van der Waals surface area (Å²) < 4.78 is 2.13. The molecule has 0 bridgehead atoms. The average molecular weight is 345 g/mol. The molecule has 0 spiro atoms. The molecule has 1 saturated heterocycles. The molecule has 4 heteroatoms. The number of para-hydroxylation sites is 1. The Morgan fingerprint density at radius 3 is 2.50 bits per heavy atom.